The summed E-state index contributed by atoms with van der Waals surface area (Å²) in [5.41, 5.74) is 1.95. The van der Waals surface area contributed by atoms with Crippen LogP contribution in [0.25, 0.3) is 0 Å². The molecule has 1 aromatic rings. The number of piperazine rings is 1. The van der Waals surface area contributed by atoms with Crippen LogP contribution in [-0.4, -0.2) is 79.2 Å². The van der Waals surface area contributed by atoms with Crippen molar-refractivity contribution in [2.45, 2.75) is 6.92 Å². The molecule has 7 nitrogen and oxygen atoms in total. The topological polar surface area (TPSA) is 65.1 Å². The van der Waals surface area contributed by atoms with Crippen LogP contribution in [0.3, 0.4) is 0 Å². The molecule has 3 rings (SSSR count). The second-order valence-electron chi connectivity index (χ2n) is 6.15. The Bertz CT molecular complexity index is 576. The number of nitrogens with one attached hydrogen (secondary N) is 1. The Balaban J connectivity index is 1.48. The number of hydrogen-bond donors (Lipinski definition) is 1. The minimum atomic E-state index is -0.114. The molecule has 0 bridgehead atoms. The standard InChI is InChI=1S/C17H24N4O3/c1-14-2-4-15(5-3-14)18-16(22)19-6-8-20(9-7-19)17(23)21-10-12-24-13-11-21/h2-5H,6-13H2,1H3,(H,18,22). The van der Waals surface area contributed by atoms with Gasteiger partial charge < -0.3 is 24.8 Å². The van der Waals surface area contributed by atoms with Crippen molar-refractivity contribution in [3.8, 4) is 0 Å². The molecular formula is C17H24N4O3. The van der Waals surface area contributed by atoms with Crippen LogP contribution in [0, 0.1) is 6.92 Å². The highest BCUT2D eigenvalue weighted by Gasteiger charge is 2.28. The molecule has 130 valence electrons. The van der Waals surface area contributed by atoms with E-state index in [-0.39, 0.29) is 12.1 Å². The maximum atomic E-state index is 12.4. The maximum absolute atomic E-state index is 12.4. The molecular weight excluding hydrogens is 308 g/mol. The summed E-state index contributed by atoms with van der Waals surface area (Å²) in [6, 6.07) is 7.66. The number of urea groups is 2. The Morgan fingerprint density at radius 2 is 1.42 bits per heavy atom. The molecule has 2 saturated heterocycles. The summed E-state index contributed by atoms with van der Waals surface area (Å²) in [5.74, 6) is 0. The lowest BCUT2D eigenvalue weighted by molar-refractivity contribution is 0.0394. The highest BCUT2D eigenvalue weighted by atomic mass is 16.5. The van der Waals surface area contributed by atoms with Gasteiger partial charge in [0.2, 0.25) is 0 Å². The van der Waals surface area contributed by atoms with E-state index in [1.807, 2.05) is 41.0 Å². The molecule has 0 aliphatic carbocycles. The predicted molar refractivity (Wildman–Crippen MR) is 91.1 cm³/mol. The minimum Gasteiger partial charge on any atom is -0.378 e. The summed E-state index contributed by atoms with van der Waals surface area (Å²) in [5, 5.41) is 2.90. The van der Waals surface area contributed by atoms with Crippen LogP contribution in [0.1, 0.15) is 5.56 Å². The van der Waals surface area contributed by atoms with E-state index in [0.29, 0.717) is 52.5 Å². The lowest BCUT2D eigenvalue weighted by Crippen LogP contribution is -2.56. The lowest BCUT2D eigenvalue weighted by atomic mass is 10.2. The van der Waals surface area contributed by atoms with Gasteiger partial charge in [-0.3, -0.25) is 0 Å². The van der Waals surface area contributed by atoms with E-state index in [0.717, 1.165) is 11.3 Å². The van der Waals surface area contributed by atoms with Crippen LogP contribution in [0.2, 0.25) is 0 Å². The third-order valence-corrected chi connectivity index (χ3v) is 4.42. The monoisotopic (exact) mass is 332 g/mol. The maximum Gasteiger partial charge on any atom is 0.321 e. The number of nitrogens with zero attached hydrogens (tertiary/aromatic N) is 3. The first kappa shape index (κ1) is 16.6. The summed E-state index contributed by atoms with van der Waals surface area (Å²) in [4.78, 5) is 30.1. The van der Waals surface area contributed by atoms with Crippen molar-refractivity contribution in [3.05, 3.63) is 29.8 Å². The molecule has 0 spiro atoms. The van der Waals surface area contributed by atoms with Gasteiger partial charge in [0.05, 0.1) is 13.2 Å². The normalized spacial score (nSPS) is 18.5. The first-order valence-electron chi connectivity index (χ1n) is 8.38. The van der Waals surface area contributed by atoms with Gasteiger partial charge in [0, 0.05) is 45.0 Å². The van der Waals surface area contributed by atoms with Crippen molar-refractivity contribution in [2.75, 3.05) is 57.8 Å². The van der Waals surface area contributed by atoms with E-state index in [2.05, 4.69) is 5.32 Å². The molecule has 0 atom stereocenters. The highest BCUT2D eigenvalue weighted by Crippen LogP contribution is 2.12. The van der Waals surface area contributed by atoms with Gasteiger partial charge in [0.15, 0.2) is 0 Å². The summed E-state index contributed by atoms with van der Waals surface area (Å²) < 4.78 is 5.28. The largest absolute Gasteiger partial charge is 0.378 e. The van der Waals surface area contributed by atoms with Crippen LogP contribution in [0.15, 0.2) is 24.3 Å². The summed E-state index contributed by atoms with van der Waals surface area (Å²) in [7, 11) is 0. The van der Waals surface area contributed by atoms with Gasteiger partial charge in [0.25, 0.3) is 0 Å². The number of ether oxygens (including phenoxy) is 1. The fraction of sp³-hybridized carbons (Fsp3) is 0.529. The van der Waals surface area contributed by atoms with E-state index >= 15 is 0 Å². The third-order valence-electron chi connectivity index (χ3n) is 4.42. The van der Waals surface area contributed by atoms with Crippen LogP contribution < -0.4 is 5.32 Å². The zero-order valence-corrected chi connectivity index (χ0v) is 14.0. The van der Waals surface area contributed by atoms with Gasteiger partial charge in [-0.2, -0.15) is 0 Å². The van der Waals surface area contributed by atoms with Gasteiger partial charge in [-0.25, -0.2) is 9.59 Å². The molecule has 2 aliphatic heterocycles. The molecule has 0 unspecified atom stereocenters. The zero-order valence-electron chi connectivity index (χ0n) is 14.0. The number of morpholine rings is 1. The Hall–Kier alpha value is -2.28. The van der Waals surface area contributed by atoms with Crippen molar-refractivity contribution in [1.29, 1.82) is 0 Å². The van der Waals surface area contributed by atoms with E-state index in [9.17, 15) is 9.59 Å². The first-order valence-corrected chi connectivity index (χ1v) is 8.38. The molecule has 24 heavy (non-hydrogen) atoms. The predicted octanol–water partition coefficient (Wildman–Crippen LogP) is 1.60. The first-order chi connectivity index (χ1) is 11.6. The van der Waals surface area contributed by atoms with E-state index in [1.54, 1.807) is 4.90 Å². The number of hydrogen-bond acceptors (Lipinski definition) is 3. The second-order valence-corrected chi connectivity index (χ2v) is 6.15. The van der Waals surface area contributed by atoms with Gasteiger partial charge >= 0.3 is 12.1 Å². The molecule has 1 aromatic carbocycles. The van der Waals surface area contributed by atoms with Gasteiger partial charge in [0.1, 0.15) is 0 Å². The van der Waals surface area contributed by atoms with Crippen molar-refractivity contribution < 1.29 is 14.3 Å². The Morgan fingerprint density at radius 3 is 2.04 bits per heavy atom. The summed E-state index contributed by atoms with van der Waals surface area (Å²) in [6.45, 7) is 6.74. The lowest BCUT2D eigenvalue weighted by Gasteiger charge is -2.38. The molecule has 0 radical (unpaired) electrons. The highest BCUT2D eigenvalue weighted by molar-refractivity contribution is 5.89. The minimum absolute atomic E-state index is 0.0527. The zero-order chi connectivity index (χ0) is 16.9. The third kappa shape index (κ3) is 3.97. The number of carbonyl (C=O) groups excluding carboxylic acids is 2. The molecule has 4 amide bonds. The average molecular weight is 332 g/mol. The van der Waals surface area contributed by atoms with Gasteiger partial charge in [-0.05, 0) is 19.1 Å². The Labute approximate surface area is 142 Å². The van der Waals surface area contributed by atoms with Crippen molar-refractivity contribution in [1.82, 2.24) is 14.7 Å². The summed E-state index contributed by atoms with van der Waals surface area (Å²) >= 11 is 0. The van der Waals surface area contributed by atoms with E-state index in [1.165, 1.54) is 0 Å². The number of rotatable bonds is 1. The molecule has 0 saturated carbocycles. The quantitative estimate of drug-likeness (QED) is 0.849. The van der Waals surface area contributed by atoms with Gasteiger partial charge in [-0.1, -0.05) is 17.7 Å². The molecule has 2 fully saturated rings. The Morgan fingerprint density at radius 1 is 0.875 bits per heavy atom. The van der Waals surface area contributed by atoms with Crippen molar-refractivity contribution >= 4 is 17.7 Å². The van der Waals surface area contributed by atoms with Crippen molar-refractivity contribution in [2.24, 2.45) is 0 Å². The summed E-state index contributed by atoms with van der Waals surface area (Å²) in [6.07, 6.45) is 0. The fourth-order valence-corrected chi connectivity index (χ4v) is 2.89. The van der Waals surface area contributed by atoms with Crippen LogP contribution in [0.5, 0.6) is 0 Å². The molecule has 7 heteroatoms. The SMILES string of the molecule is Cc1ccc(NC(=O)N2CCN(C(=O)N3CCOCC3)CC2)cc1. The molecule has 0 aromatic heterocycles. The number of carbonyl (C=O) groups is 2. The number of benzene rings is 1. The average Bonchev–Trinajstić information content (AvgIpc) is 2.64. The smallest absolute Gasteiger partial charge is 0.321 e. The molecule has 2 aliphatic rings. The molecule has 2 heterocycles. The van der Waals surface area contributed by atoms with Crippen molar-refractivity contribution in [3.63, 3.8) is 0 Å². The fourth-order valence-electron chi connectivity index (χ4n) is 2.89. The number of aryl methyl sites for hydroxylation is 1. The molecule has 1 N–H and O–H groups in total. The van der Waals surface area contributed by atoms with E-state index in [4.69, 9.17) is 4.74 Å². The Kier molecular flexibility index (Phi) is 5.20. The number of amides is 4. The van der Waals surface area contributed by atoms with Crippen LogP contribution in [-0.2, 0) is 4.74 Å². The van der Waals surface area contributed by atoms with E-state index < -0.39 is 0 Å². The number of anilines is 1. The van der Waals surface area contributed by atoms with Crippen LogP contribution in [0.4, 0.5) is 15.3 Å². The second kappa shape index (κ2) is 7.53. The van der Waals surface area contributed by atoms with Crippen LogP contribution >= 0.6 is 0 Å². The van der Waals surface area contributed by atoms with Gasteiger partial charge in [-0.15, -0.1) is 0 Å².